The number of nitrogens with zero attached hydrogens (tertiary/aromatic N) is 5. The van der Waals surface area contributed by atoms with Crippen LogP contribution in [0.2, 0.25) is 0 Å². The Kier molecular flexibility index (Phi) is 7.62. The molecule has 0 unspecified atom stereocenters. The van der Waals surface area contributed by atoms with Crippen LogP contribution in [0.4, 0.5) is 0 Å². The molecule has 0 saturated heterocycles. The van der Waals surface area contributed by atoms with Crippen molar-refractivity contribution in [2.45, 2.75) is 26.2 Å². The average Bonchev–Trinajstić information content (AvgIpc) is 3.77. The number of benzene rings is 3. The molecular formula is C38H31N5O. The van der Waals surface area contributed by atoms with Crippen LogP contribution in [-0.4, -0.2) is 24.7 Å². The molecule has 7 aromatic rings. The van der Waals surface area contributed by atoms with Gasteiger partial charge in [-0.05, 0) is 102 Å². The molecule has 0 fully saturated rings. The molecule has 0 saturated carbocycles. The third-order valence-electron chi connectivity index (χ3n) is 7.79. The highest BCUT2D eigenvalue weighted by atomic mass is 16.4. The molecule has 0 N–H and O–H groups in total. The molecule has 0 radical (unpaired) electrons. The van der Waals surface area contributed by atoms with Gasteiger partial charge in [-0.3, -0.25) is 9.97 Å². The molecule has 0 amide bonds. The Bertz CT molecular complexity index is 1940. The van der Waals surface area contributed by atoms with Crippen molar-refractivity contribution in [2.75, 3.05) is 0 Å². The zero-order valence-corrected chi connectivity index (χ0v) is 24.5. The molecule has 6 heteroatoms. The van der Waals surface area contributed by atoms with Gasteiger partial charge in [-0.2, -0.15) is 0 Å². The zero-order chi connectivity index (χ0) is 29.7. The number of aryl methyl sites for hydroxylation is 1. The third kappa shape index (κ3) is 5.57. The lowest BCUT2D eigenvalue weighted by Gasteiger charge is -2.15. The van der Waals surface area contributed by atoms with E-state index < -0.39 is 0 Å². The van der Waals surface area contributed by atoms with Crippen molar-refractivity contribution in [1.29, 1.82) is 0 Å². The molecule has 44 heavy (non-hydrogen) atoms. The molecule has 4 aromatic heterocycles. The number of hydrogen-bond acceptors (Lipinski definition) is 5. The van der Waals surface area contributed by atoms with Gasteiger partial charge in [-0.25, -0.2) is 0 Å². The summed E-state index contributed by atoms with van der Waals surface area (Å²) in [6, 6.07) is 37.6. The van der Waals surface area contributed by atoms with Gasteiger partial charge in [0, 0.05) is 52.7 Å². The number of aromatic nitrogens is 5. The number of pyridine rings is 2. The van der Waals surface area contributed by atoms with Gasteiger partial charge >= 0.3 is 0 Å². The Balaban J connectivity index is 1.23. The van der Waals surface area contributed by atoms with Crippen LogP contribution in [0.5, 0.6) is 0 Å². The summed E-state index contributed by atoms with van der Waals surface area (Å²) < 4.78 is 8.40. The first-order valence-electron chi connectivity index (χ1n) is 14.9. The van der Waals surface area contributed by atoms with Crippen molar-refractivity contribution in [3.8, 4) is 62.2 Å². The second-order valence-electron chi connectivity index (χ2n) is 10.8. The Morgan fingerprint density at radius 3 is 1.80 bits per heavy atom. The Hall–Kier alpha value is -5.62. The summed E-state index contributed by atoms with van der Waals surface area (Å²) in [7, 11) is 0. The first-order valence-corrected chi connectivity index (χ1v) is 14.9. The van der Waals surface area contributed by atoms with Crippen molar-refractivity contribution >= 4 is 0 Å². The van der Waals surface area contributed by atoms with E-state index in [-0.39, 0.29) is 0 Å². The van der Waals surface area contributed by atoms with E-state index >= 15 is 0 Å². The molecule has 4 heterocycles. The predicted octanol–water partition coefficient (Wildman–Crippen LogP) is 9.33. The molecule has 7 rings (SSSR count). The maximum absolute atomic E-state index is 6.14. The highest BCUT2D eigenvalue weighted by molar-refractivity contribution is 5.76. The summed E-state index contributed by atoms with van der Waals surface area (Å²) in [5.41, 5.74) is 10.5. The lowest BCUT2D eigenvalue weighted by molar-refractivity contribution is 0.584. The smallest absolute Gasteiger partial charge is 0.248 e. The second kappa shape index (κ2) is 12.3. The van der Waals surface area contributed by atoms with Crippen LogP contribution in [-0.2, 0) is 6.42 Å². The van der Waals surface area contributed by atoms with Gasteiger partial charge in [0.1, 0.15) is 0 Å². The van der Waals surface area contributed by atoms with E-state index in [1.807, 2.05) is 36.7 Å². The van der Waals surface area contributed by atoms with Crippen molar-refractivity contribution < 1.29 is 4.42 Å². The summed E-state index contributed by atoms with van der Waals surface area (Å²) in [6.45, 7) is 2.21. The van der Waals surface area contributed by atoms with Gasteiger partial charge in [0.25, 0.3) is 0 Å². The summed E-state index contributed by atoms with van der Waals surface area (Å²) in [6.07, 6.45) is 10.8. The maximum atomic E-state index is 6.14. The van der Waals surface area contributed by atoms with Gasteiger partial charge in [-0.15, -0.1) is 10.2 Å². The van der Waals surface area contributed by atoms with Crippen LogP contribution in [0.15, 0.2) is 138 Å². The van der Waals surface area contributed by atoms with Crippen molar-refractivity contribution in [2.24, 2.45) is 0 Å². The standard InChI is InChI=1S/C38H31N5O/c1-2-3-8-27-15-17-28(18-16-27)37-41-42-38(44-37)31-11-4-9-29(23-31)30-10-5-14-34(24-30)43-35(32-12-6-21-39-25-32)19-20-36(43)33-13-7-22-40-26-33/h4-7,9-26H,2-3,8H2,1H3. The van der Waals surface area contributed by atoms with Gasteiger partial charge < -0.3 is 8.98 Å². The van der Waals surface area contributed by atoms with Crippen LogP contribution in [0, 0.1) is 0 Å². The Morgan fingerprint density at radius 1 is 0.568 bits per heavy atom. The minimum absolute atomic E-state index is 0.496. The van der Waals surface area contributed by atoms with E-state index in [0.29, 0.717) is 11.8 Å². The number of unbranched alkanes of at least 4 members (excludes halogenated alkanes) is 1. The molecule has 0 bridgehead atoms. The largest absolute Gasteiger partial charge is 0.416 e. The Labute approximate surface area is 256 Å². The fraction of sp³-hybridized carbons (Fsp3) is 0.105. The molecule has 6 nitrogen and oxygen atoms in total. The quantitative estimate of drug-likeness (QED) is 0.172. The molecule has 0 aliphatic heterocycles. The van der Waals surface area contributed by atoms with Crippen LogP contribution < -0.4 is 0 Å². The van der Waals surface area contributed by atoms with E-state index in [1.54, 1.807) is 12.4 Å². The first kappa shape index (κ1) is 27.2. The van der Waals surface area contributed by atoms with Gasteiger partial charge in [0.15, 0.2) is 0 Å². The first-order chi connectivity index (χ1) is 21.8. The molecule has 0 atom stereocenters. The second-order valence-corrected chi connectivity index (χ2v) is 10.8. The molecule has 3 aromatic carbocycles. The van der Waals surface area contributed by atoms with E-state index in [9.17, 15) is 0 Å². The maximum Gasteiger partial charge on any atom is 0.248 e. The summed E-state index contributed by atoms with van der Waals surface area (Å²) in [5, 5.41) is 8.74. The normalized spacial score (nSPS) is 11.1. The molecule has 214 valence electrons. The lowest BCUT2D eigenvalue weighted by atomic mass is 10.0. The zero-order valence-electron chi connectivity index (χ0n) is 24.5. The topological polar surface area (TPSA) is 69.6 Å². The van der Waals surface area contributed by atoms with E-state index in [0.717, 1.165) is 56.9 Å². The summed E-state index contributed by atoms with van der Waals surface area (Å²) in [5.74, 6) is 1.02. The van der Waals surface area contributed by atoms with E-state index in [2.05, 4.69) is 117 Å². The van der Waals surface area contributed by atoms with Gasteiger partial charge in [0.2, 0.25) is 11.8 Å². The molecule has 0 spiro atoms. The lowest BCUT2D eigenvalue weighted by Crippen LogP contribution is -2.00. The highest BCUT2D eigenvalue weighted by Crippen LogP contribution is 2.34. The fourth-order valence-electron chi connectivity index (χ4n) is 5.50. The SMILES string of the molecule is CCCCc1ccc(-c2nnc(-c3cccc(-c4cccc(-n5c(-c6cccnc6)ccc5-c5cccnc5)c4)c3)o2)cc1. The molecule has 0 aliphatic carbocycles. The van der Waals surface area contributed by atoms with E-state index in [4.69, 9.17) is 4.42 Å². The van der Waals surface area contributed by atoms with Crippen LogP contribution >= 0.6 is 0 Å². The predicted molar refractivity (Wildman–Crippen MR) is 175 cm³/mol. The highest BCUT2D eigenvalue weighted by Gasteiger charge is 2.16. The summed E-state index contributed by atoms with van der Waals surface area (Å²) >= 11 is 0. The molecular weight excluding hydrogens is 542 g/mol. The average molecular weight is 574 g/mol. The van der Waals surface area contributed by atoms with Crippen molar-refractivity contribution in [3.63, 3.8) is 0 Å². The minimum Gasteiger partial charge on any atom is -0.416 e. The van der Waals surface area contributed by atoms with Crippen LogP contribution in [0.1, 0.15) is 25.3 Å². The van der Waals surface area contributed by atoms with Gasteiger partial charge in [-0.1, -0.05) is 49.7 Å². The van der Waals surface area contributed by atoms with E-state index in [1.165, 1.54) is 18.4 Å². The van der Waals surface area contributed by atoms with Crippen LogP contribution in [0.3, 0.4) is 0 Å². The number of hydrogen-bond donors (Lipinski definition) is 0. The van der Waals surface area contributed by atoms with Gasteiger partial charge in [0.05, 0.1) is 11.4 Å². The fourth-order valence-corrected chi connectivity index (χ4v) is 5.50. The third-order valence-corrected chi connectivity index (χ3v) is 7.79. The summed E-state index contributed by atoms with van der Waals surface area (Å²) in [4.78, 5) is 8.74. The number of rotatable bonds is 9. The van der Waals surface area contributed by atoms with Crippen molar-refractivity contribution in [1.82, 2.24) is 24.7 Å². The Morgan fingerprint density at radius 2 is 1.16 bits per heavy atom. The van der Waals surface area contributed by atoms with Crippen LogP contribution in [0.25, 0.3) is 62.2 Å². The van der Waals surface area contributed by atoms with Crippen molar-refractivity contribution in [3.05, 3.63) is 140 Å². The molecule has 0 aliphatic rings. The monoisotopic (exact) mass is 573 g/mol. The minimum atomic E-state index is 0.496.